The number of nitrogens with zero attached hydrogens (tertiary/aromatic N) is 2. The Kier molecular flexibility index (Phi) is 1.43. The lowest BCUT2D eigenvalue weighted by molar-refractivity contribution is 0.567. The van der Waals surface area contributed by atoms with E-state index in [0.717, 1.165) is 11.3 Å². The topological polar surface area (TPSA) is 26.9 Å². The number of hydrogen-bond acceptors (Lipinski definition) is 1. The molecule has 1 aromatic heterocycles. The standard InChI is InChI=1S/C7H12N2O/c1-5-6(2)8(3)9(4)7(5)10/h1-4H3. The minimum Gasteiger partial charge on any atom is -0.290 e. The minimum absolute atomic E-state index is 0.0972. The molecule has 1 heterocycles. The first-order chi connectivity index (χ1) is 4.55. The normalized spacial score (nSPS) is 10.4. The van der Waals surface area contributed by atoms with Crippen molar-refractivity contribution in [2.24, 2.45) is 14.1 Å². The predicted molar refractivity (Wildman–Crippen MR) is 40.1 cm³/mol. The fourth-order valence-electron chi connectivity index (χ4n) is 1.00. The number of rotatable bonds is 0. The Balaban J connectivity index is 3.60. The van der Waals surface area contributed by atoms with Gasteiger partial charge < -0.3 is 0 Å². The average molecular weight is 140 g/mol. The van der Waals surface area contributed by atoms with Crippen LogP contribution in [-0.2, 0) is 14.1 Å². The van der Waals surface area contributed by atoms with E-state index in [1.807, 2.05) is 25.6 Å². The summed E-state index contributed by atoms with van der Waals surface area (Å²) in [6, 6.07) is 0. The molecule has 0 aliphatic carbocycles. The molecule has 1 rings (SSSR count). The van der Waals surface area contributed by atoms with Crippen molar-refractivity contribution >= 4 is 0 Å². The quantitative estimate of drug-likeness (QED) is 0.510. The molecule has 0 unspecified atom stereocenters. The molecule has 0 radical (unpaired) electrons. The van der Waals surface area contributed by atoms with Crippen molar-refractivity contribution < 1.29 is 0 Å². The highest BCUT2D eigenvalue weighted by atomic mass is 16.1. The molecule has 0 aliphatic rings. The molecule has 56 valence electrons. The van der Waals surface area contributed by atoms with E-state index >= 15 is 0 Å². The van der Waals surface area contributed by atoms with Gasteiger partial charge >= 0.3 is 0 Å². The molecular weight excluding hydrogens is 128 g/mol. The lowest BCUT2D eigenvalue weighted by Gasteiger charge is -1.99. The molecule has 10 heavy (non-hydrogen) atoms. The minimum atomic E-state index is 0.0972. The van der Waals surface area contributed by atoms with Crippen LogP contribution in [0.25, 0.3) is 0 Å². The van der Waals surface area contributed by atoms with Gasteiger partial charge in [0.05, 0.1) is 0 Å². The molecule has 0 aliphatic heterocycles. The van der Waals surface area contributed by atoms with E-state index in [-0.39, 0.29) is 5.56 Å². The Labute approximate surface area is 59.9 Å². The molecule has 0 fully saturated rings. The Morgan fingerprint density at radius 3 is 1.70 bits per heavy atom. The molecule has 3 heteroatoms. The van der Waals surface area contributed by atoms with Crippen molar-refractivity contribution in [1.29, 1.82) is 0 Å². The second-order valence-electron chi connectivity index (χ2n) is 2.56. The van der Waals surface area contributed by atoms with E-state index in [0.29, 0.717) is 0 Å². The van der Waals surface area contributed by atoms with Gasteiger partial charge in [-0.1, -0.05) is 0 Å². The molecule has 0 atom stereocenters. The molecule has 0 amide bonds. The molecule has 0 saturated carbocycles. The molecule has 0 saturated heterocycles. The summed E-state index contributed by atoms with van der Waals surface area (Å²) in [6.45, 7) is 3.79. The summed E-state index contributed by atoms with van der Waals surface area (Å²) in [5, 5.41) is 0. The van der Waals surface area contributed by atoms with Crippen LogP contribution in [0.3, 0.4) is 0 Å². The second kappa shape index (κ2) is 2.01. The average Bonchev–Trinajstić information content (AvgIpc) is 2.07. The van der Waals surface area contributed by atoms with Gasteiger partial charge in [0.1, 0.15) is 0 Å². The summed E-state index contributed by atoms with van der Waals surface area (Å²) in [6.07, 6.45) is 0. The lowest BCUT2D eigenvalue weighted by atomic mass is 10.3. The summed E-state index contributed by atoms with van der Waals surface area (Å²) in [5.41, 5.74) is 1.97. The monoisotopic (exact) mass is 140 g/mol. The SMILES string of the molecule is Cc1c(C)n(C)n(C)c1=O. The molecule has 3 nitrogen and oxygen atoms in total. The van der Waals surface area contributed by atoms with Crippen LogP contribution in [0.15, 0.2) is 4.79 Å². The van der Waals surface area contributed by atoms with Crippen LogP contribution in [-0.4, -0.2) is 9.36 Å². The van der Waals surface area contributed by atoms with Gasteiger partial charge in [-0.05, 0) is 13.8 Å². The first kappa shape index (κ1) is 7.12. The summed E-state index contributed by atoms with van der Waals surface area (Å²) in [5.74, 6) is 0. The van der Waals surface area contributed by atoms with Crippen LogP contribution in [0.4, 0.5) is 0 Å². The zero-order chi connectivity index (χ0) is 7.89. The smallest absolute Gasteiger partial charge is 0.269 e. The maximum absolute atomic E-state index is 11.2. The van der Waals surface area contributed by atoms with Crippen LogP contribution < -0.4 is 5.56 Å². The zero-order valence-electron chi connectivity index (χ0n) is 6.80. The highest BCUT2D eigenvalue weighted by Gasteiger charge is 2.05. The van der Waals surface area contributed by atoms with Crippen LogP contribution in [0.1, 0.15) is 11.3 Å². The lowest BCUT2D eigenvalue weighted by Crippen LogP contribution is -2.17. The van der Waals surface area contributed by atoms with E-state index in [4.69, 9.17) is 0 Å². The van der Waals surface area contributed by atoms with Gasteiger partial charge in [0.2, 0.25) is 0 Å². The molecule has 0 bridgehead atoms. The first-order valence-electron chi connectivity index (χ1n) is 3.25. The van der Waals surface area contributed by atoms with E-state index in [1.54, 1.807) is 11.7 Å². The van der Waals surface area contributed by atoms with Crippen molar-refractivity contribution in [1.82, 2.24) is 9.36 Å². The van der Waals surface area contributed by atoms with Crippen molar-refractivity contribution in [2.75, 3.05) is 0 Å². The van der Waals surface area contributed by atoms with Crippen LogP contribution in [0, 0.1) is 13.8 Å². The molecular formula is C7H12N2O. The van der Waals surface area contributed by atoms with Crippen LogP contribution in [0.5, 0.6) is 0 Å². The maximum atomic E-state index is 11.2. The van der Waals surface area contributed by atoms with Crippen LogP contribution >= 0.6 is 0 Å². The summed E-state index contributed by atoms with van der Waals surface area (Å²) in [4.78, 5) is 11.2. The van der Waals surface area contributed by atoms with Gasteiger partial charge in [0, 0.05) is 25.4 Å². The summed E-state index contributed by atoms with van der Waals surface area (Å²) < 4.78 is 3.45. The van der Waals surface area contributed by atoms with E-state index < -0.39 is 0 Å². The third-order valence-corrected chi connectivity index (χ3v) is 2.09. The van der Waals surface area contributed by atoms with Gasteiger partial charge in [-0.3, -0.25) is 14.2 Å². The molecule has 0 spiro atoms. The van der Waals surface area contributed by atoms with E-state index in [9.17, 15) is 4.79 Å². The van der Waals surface area contributed by atoms with Crippen molar-refractivity contribution in [3.63, 3.8) is 0 Å². The third-order valence-electron chi connectivity index (χ3n) is 2.09. The maximum Gasteiger partial charge on any atom is 0.269 e. The van der Waals surface area contributed by atoms with Crippen molar-refractivity contribution in [3.05, 3.63) is 21.6 Å². The summed E-state index contributed by atoms with van der Waals surface area (Å²) in [7, 11) is 3.64. The fourth-order valence-corrected chi connectivity index (χ4v) is 1.00. The highest BCUT2D eigenvalue weighted by molar-refractivity contribution is 5.14. The van der Waals surface area contributed by atoms with Gasteiger partial charge in [0.15, 0.2) is 0 Å². The first-order valence-corrected chi connectivity index (χ1v) is 3.25. The Morgan fingerprint density at radius 2 is 1.60 bits per heavy atom. The van der Waals surface area contributed by atoms with E-state index in [1.165, 1.54) is 0 Å². The largest absolute Gasteiger partial charge is 0.290 e. The van der Waals surface area contributed by atoms with Gasteiger partial charge in [0.25, 0.3) is 5.56 Å². The Bertz CT molecular complexity index is 278. The number of hydrogen-bond donors (Lipinski definition) is 0. The Morgan fingerprint density at radius 1 is 1.10 bits per heavy atom. The summed E-state index contributed by atoms with van der Waals surface area (Å²) >= 11 is 0. The third kappa shape index (κ3) is 0.701. The Hall–Kier alpha value is -0.990. The highest BCUT2D eigenvalue weighted by Crippen LogP contribution is 1.97. The van der Waals surface area contributed by atoms with Gasteiger partial charge in [-0.25, -0.2) is 0 Å². The van der Waals surface area contributed by atoms with E-state index in [2.05, 4.69) is 0 Å². The second-order valence-corrected chi connectivity index (χ2v) is 2.56. The number of aromatic nitrogens is 2. The van der Waals surface area contributed by atoms with Crippen molar-refractivity contribution in [3.8, 4) is 0 Å². The zero-order valence-corrected chi connectivity index (χ0v) is 6.80. The fraction of sp³-hybridized carbons (Fsp3) is 0.571. The van der Waals surface area contributed by atoms with Gasteiger partial charge in [-0.15, -0.1) is 0 Å². The molecule has 0 N–H and O–H groups in total. The predicted octanol–water partition coefficient (Wildman–Crippen LogP) is 0.341. The van der Waals surface area contributed by atoms with Crippen molar-refractivity contribution in [2.45, 2.75) is 13.8 Å². The van der Waals surface area contributed by atoms with Gasteiger partial charge in [-0.2, -0.15) is 0 Å². The molecule has 0 aromatic carbocycles. The van der Waals surface area contributed by atoms with Crippen LogP contribution in [0.2, 0.25) is 0 Å². The molecule has 1 aromatic rings.